The van der Waals surface area contributed by atoms with Gasteiger partial charge in [-0.25, -0.2) is 14.8 Å². The summed E-state index contributed by atoms with van der Waals surface area (Å²) in [5.41, 5.74) is 5.36. The Hall–Kier alpha value is -2.38. The number of primary amides is 1. The second-order valence-corrected chi connectivity index (χ2v) is 6.34. The molecule has 2 N–H and O–H groups in total. The number of aromatic nitrogens is 2. The molecule has 0 unspecified atom stereocenters. The van der Waals surface area contributed by atoms with Gasteiger partial charge in [-0.1, -0.05) is 0 Å². The Kier molecular flexibility index (Phi) is 5.12. The third-order valence-corrected chi connectivity index (χ3v) is 4.72. The van der Waals surface area contributed by atoms with Crippen LogP contribution in [-0.2, 0) is 4.79 Å². The molecule has 0 spiro atoms. The Bertz CT molecular complexity index is 581. The van der Waals surface area contributed by atoms with Gasteiger partial charge in [0.15, 0.2) is 0 Å². The number of carbonyl (C=O) groups excluding carboxylic acids is 2. The van der Waals surface area contributed by atoms with E-state index in [0.717, 1.165) is 38.9 Å². The molecule has 0 aromatic carbocycles. The smallest absolute Gasteiger partial charge is 0.314 e. The lowest BCUT2D eigenvalue weighted by atomic mass is 9.96. The van der Waals surface area contributed by atoms with Crippen molar-refractivity contribution in [2.24, 2.45) is 11.7 Å². The van der Waals surface area contributed by atoms with Crippen LogP contribution >= 0.6 is 0 Å². The number of nitrogens with zero attached hydrogens (tertiary/aromatic N) is 5. The molecule has 2 saturated heterocycles. The Morgan fingerprint density at radius 3 is 2.50 bits per heavy atom. The van der Waals surface area contributed by atoms with E-state index in [4.69, 9.17) is 5.73 Å². The fourth-order valence-electron chi connectivity index (χ4n) is 3.43. The highest BCUT2D eigenvalue weighted by atomic mass is 16.2. The van der Waals surface area contributed by atoms with Gasteiger partial charge in [0.2, 0.25) is 11.9 Å². The second kappa shape index (κ2) is 7.46. The molecule has 3 rings (SSSR count). The Balaban J connectivity index is 1.59. The summed E-state index contributed by atoms with van der Waals surface area (Å²) in [4.78, 5) is 38.4. The first-order valence-corrected chi connectivity index (χ1v) is 8.50. The van der Waals surface area contributed by atoms with Gasteiger partial charge in [-0.2, -0.15) is 0 Å². The minimum absolute atomic E-state index is 0.134. The normalized spacial score (nSPS) is 22.2. The largest absolute Gasteiger partial charge is 0.351 e. The summed E-state index contributed by atoms with van der Waals surface area (Å²) in [7, 11) is 0. The van der Waals surface area contributed by atoms with E-state index in [0.29, 0.717) is 25.6 Å². The number of hydrogen-bond donors (Lipinski definition) is 1. The summed E-state index contributed by atoms with van der Waals surface area (Å²) < 4.78 is 0. The number of amides is 3. The molecule has 8 heteroatoms. The van der Waals surface area contributed by atoms with E-state index in [9.17, 15) is 9.59 Å². The third-order valence-electron chi connectivity index (χ3n) is 4.72. The molecule has 1 aromatic heterocycles. The Morgan fingerprint density at radius 1 is 1.00 bits per heavy atom. The van der Waals surface area contributed by atoms with Crippen LogP contribution in [0, 0.1) is 5.92 Å². The summed E-state index contributed by atoms with van der Waals surface area (Å²) >= 11 is 0. The number of likely N-dealkylation sites (tertiary alicyclic amines) is 1. The quantitative estimate of drug-likeness (QED) is 0.841. The van der Waals surface area contributed by atoms with Gasteiger partial charge in [0.1, 0.15) is 0 Å². The first-order chi connectivity index (χ1) is 11.6. The van der Waals surface area contributed by atoms with Crippen LogP contribution in [0.5, 0.6) is 0 Å². The molecule has 24 heavy (non-hydrogen) atoms. The molecule has 2 fully saturated rings. The van der Waals surface area contributed by atoms with Gasteiger partial charge in [-0.05, 0) is 25.3 Å². The van der Waals surface area contributed by atoms with E-state index in [-0.39, 0.29) is 11.8 Å². The lowest BCUT2D eigenvalue weighted by molar-refractivity contribution is -0.136. The highest BCUT2D eigenvalue weighted by molar-refractivity contribution is 5.80. The number of piperidine rings is 1. The summed E-state index contributed by atoms with van der Waals surface area (Å²) in [5.74, 6) is 0.715. The van der Waals surface area contributed by atoms with E-state index in [1.807, 2.05) is 4.90 Å². The standard InChI is InChI=1S/C16H24N6O2/c17-15(24)22-7-1-4-13(12-22)14(23)20-8-3-9-21(11-10-20)16-18-5-2-6-19-16/h2,5-6,13H,1,3-4,7-12H2,(H2,17,24)/t13-/m1/s1. The molecule has 8 nitrogen and oxygen atoms in total. The predicted octanol–water partition coefficient (Wildman–Crippen LogP) is 0.306. The van der Waals surface area contributed by atoms with Crippen LogP contribution < -0.4 is 10.6 Å². The summed E-state index contributed by atoms with van der Waals surface area (Å²) in [5, 5.41) is 0. The summed E-state index contributed by atoms with van der Waals surface area (Å²) in [6, 6.07) is 1.36. The van der Waals surface area contributed by atoms with Crippen LogP contribution in [0.3, 0.4) is 0 Å². The van der Waals surface area contributed by atoms with Crippen molar-refractivity contribution >= 4 is 17.9 Å². The van der Waals surface area contributed by atoms with Crippen LogP contribution in [0.2, 0.25) is 0 Å². The monoisotopic (exact) mass is 332 g/mol. The van der Waals surface area contributed by atoms with Gasteiger partial charge >= 0.3 is 6.03 Å². The zero-order valence-corrected chi connectivity index (χ0v) is 13.8. The second-order valence-electron chi connectivity index (χ2n) is 6.34. The Labute approximate surface area is 141 Å². The highest BCUT2D eigenvalue weighted by Crippen LogP contribution is 2.20. The molecule has 0 bridgehead atoms. The molecule has 130 valence electrons. The third kappa shape index (κ3) is 3.74. The average Bonchev–Trinajstić information content (AvgIpc) is 2.88. The number of urea groups is 1. The molecule has 3 heterocycles. The highest BCUT2D eigenvalue weighted by Gasteiger charge is 2.31. The van der Waals surface area contributed by atoms with Gasteiger partial charge in [-0.15, -0.1) is 0 Å². The topological polar surface area (TPSA) is 95.7 Å². The van der Waals surface area contributed by atoms with Gasteiger partial charge in [0, 0.05) is 51.7 Å². The van der Waals surface area contributed by atoms with E-state index in [1.54, 1.807) is 23.4 Å². The lowest BCUT2D eigenvalue weighted by Gasteiger charge is -2.33. The number of hydrogen-bond acceptors (Lipinski definition) is 5. The maximum Gasteiger partial charge on any atom is 0.314 e. The number of anilines is 1. The zero-order chi connectivity index (χ0) is 16.9. The van der Waals surface area contributed by atoms with Crippen molar-refractivity contribution in [3.05, 3.63) is 18.5 Å². The van der Waals surface area contributed by atoms with Crippen molar-refractivity contribution in [1.82, 2.24) is 19.8 Å². The molecule has 2 aliphatic rings. The van der Waals surface area contributed by atoms with E-state index in [2.05, 4.69) is 14.9 Å². The predicted molar refractivity (Wildman–Crippen MR) is 89.3 cm³/mol. The molecule has 2 aliphatic heterocycles. The van der Waals surface area contributed by atoms with Crippen LogP contribution in [0.4, 0.5) is 10.7 Å². The molecular weight excluding hydrogens is 308 g/mol. The molecule has 3 amide bonds. The Morgan fingerprint density at radius 2 is 1.75 bits per heavy atom. The van der Waals surface area contributed by atoms with Crippen molar-refractivity contribution in [3.63, 3.8) is 0 Å². The van der Waals surface area contributed by atoms with E-state index < -0.39 is 6.03 Å². The molecule has 0 radical (unpaired) electrons. The number of nitrogens with two attached hydrogens (primary N) is 1. The number of carbonyl (C=O) groups is 2. The first kappa shape index (κ1) is 16.5. The molecule has 1 atom stereocenters. The van der Waals surface area contributed by atoms with Crippen LogP contribution in [0.1, 0.15) is 19.3 Å². The van der Waals surface area contributed by atoms with Gasteiger partial charge in [0.25, 0.3) is 0 Å². The minimum Gasteiger partial charge on any atom is -0.351 e. The van der Waals surface area contributed by atoms with Crippen molar-refractivity contribution in [2.45, 2.75) is 19.3 Å². The fourth-order valence-corrected chi connectivity index (χ4v) is 3.43. The first-order valence-electron chi connectivity index (χ1n) is 8.50. The summed E-state index contributed by atoms with van der Waals surface area (Å²) in [6.45, 7) is 4.04. The SMILES string of the molecule is NC(=O)N1CCC[C@@H](C(=O)N2CCCN(c3ncccn3)CC2)C1. The van der Waals surface area contributed by atoms with Gasteiger partial charge in [-0.3, -0.25) is 4.79 Å². The minimum atomic E-state index is -0.434. The van der Waals surface area contributed by atoms with E-state index in [1.165, 1.54) is 0 Å². The maximum absolute atomic E-state index is 12.8. The molecular formula is C16H24N6O2. The van der Waals surface area contributed by atoms with E-state index >= 15 is 0 Å². The number of rotatable bonds is 2. The molecule has 0 aliphatic carbocycles. The molecule has 1 aromatic rings. The van der Waals surface area contributed by atoms with Crippen LogP contribution in [0.25, 0.3) is 0 Å². The maximum atomic E-state index is 12.8. The van der Waals surface area contributed by atoms with Crippen molar-refractivity contribution < 1.29 is 9.59 Å². The lowest BCUT2D eigenvalue weighted by Crippen LogP contribution is -2.49. The van der Waals surface area contributed by atoms with Gasteiger partial charge in [0.05, 0.1) is 5.92 Å². The van der Waals surface area contributed by atoms with Crippen molar-refractivity contribution in [3.8, 4) is 0 Å². The average molecular weight is 332 g/mol. The van der Waals surface area contributed by atoms with Crippen LogP contribution in [0.15, 0.2) is 18.5 Å². The summed E-state index contributed by atoms with van der Waals surface area (Å²) in [6.07, 6.45) is 6.01. The van der Waals surface area contributed by atoms with Crippen molar-refractivity contribution in [1.29, 1.82) is 0 Å². The van der Waals surface area contributed by atoms with Crippen LogP contribution in [-0.4, -0.2) is 71.0 Å². The molecule has 0 saturated carbocycles. The van der Waals surface area contributed by atoms with Gasteiger partial charge < -0.3 is 20.4 Å². The van der Waals surface area contributed by atoms with Crippen molar-refractivity contribution in [2.75, 3.05) is 44.2 Å². The fraction of sp³-hybridized carbons (Fsp3) is 0.625. The zero-order valence-electron chi connectivity index (χ0n) is 13.8.